The van der Waals surface area contributed by atoms with Crippen molar-refractivity contribution in [2.24, 2.45) is 5.92 Å². The molecule has 0 bridgehead atoms. The minimum absolute atomic E-state index is 0.0289. The molecule has 180 valence electrons. The number of alkyl halides is 3. The molecule has 0 aliphatic carbocycles. The van der Waals surface area contributed by atoms with Crippen LogP contribution in [0.3, 0.4) is 0 Å². The van der Waals surface area contributed by atoms with Crippen molar-refractivity contribution >= 4 is 17.9 Å². The molecule has 2 rings (SSSR count). The Morgan fingerprint density at radius 2 is 1.61 bits per heavy atom. The lowest BCUT2D eigenvalue weighted by atomic mass is 9.73. The Kier molecular flexibility index (Phi) is 8.67. The number of hydrogen-bond donors (Lipinski definition) is 1. The Hall–Kier alpha value is -3.30. The highest BCUT2D eigenvalue weighted by Gasteiger charge is 2.47. The predicted molar refractivity (Wildman–Crippen MR) is 111 cm³/mol. The molecule has 10 heteroatoms. The highest BCUT2D eigenvalue weighted by molar-refractivity contribution is 5.95. The van der Waals surface area contributed by atoms with Crippen molar-refractivity contribution in [3.8, 4) is 0 Å². The van der Waals surface area contributed by atoms with Crippen LogP contribution in [0.4, 0.5) is 13.2 Å². The smallest absolute Gasteiger partial charge is 0.416 e. The molecule has 1 aromatic carbocycles. The van der Waals surface area contributed by atoms with Crippen LogP contribution in [0, 0.1) is 5.92 Å². The Balaban J connectivity index is 2.86. The molecule has 0 aromatic heterocycles. The van der Waals surface area contributed by atoms with Gasteiger partial charge in [-0.2, -0.15) is 13.2 Å². The van der Waals surface area contributed by atoms with E-state index in [0.717, 1.165) is 12.1 Å². The van der Waals surface area contributed by atoms with Gasteiger partial charge < -0.3 is 19.5 Å². The van der Waals surface area contributed by atoms with Crippen molar-refractivity contribution < 1.29 is 41.8 Å². The fourth-order valence-corrected chi connectivity index (χ4v) is 3.72. The number of ether oxygens (including phenoxy) is 3. The lowest BCUT2D eigenvalue weighted by Crippen LogP contribution is -2.41. The molecule has 0 fully saturated rings. The van der Waals surface area contributed by atoms with E-state index in [0.29, 0.717) is 0 Å². The molecule has 1 N–H and O–H groups in total. The Morgan fingerprint density at radius 1 is 1.00 bits per heavy atom. The average Bonchev–Trinajstić information content (AvgIpc) is 2.73. The summed E-state index contributed by atoms with van der Waals surface area (Å²) < 4.78 is 56.8. The molecule has 2 atom stereocenters. The van der Waals surface area contributed by atoms with Gasteiger partial charge in [0.1, 0.15) is 5.92 Å². The summed E-state index contributed by atoms with van der Waals surface area (Å²) in [5, 5.41) is 2.80. The van der Waals surface area contributed by atoms with Gasteiger partial charge >= 0.3 is 24.1 Å². The van der Waals surface area contributed by atoms with E-state index in [-0.39, 0.29) is 42.4 Å². The molecule has 1 aliphatic heterocycles. The van der Waals surface area contributed by atoms with Gasteiger partial charge in [0.2, 0.25) is 0 Å². The van der Waals surface area contributed by atoms with E-state index in [2.05, 4.69) is 5.32 Å². The number of carbonyl (C=O) groups is 3. The second-order valence-corrected chi connectivity index (χ2v) is 7.03. The summed E-state index contributed by atoms with van der Waals surface area (Å²) in [6.07, 6.45) is -3.78. The number of rotatable bonds is 7. The zero-order chi connectivity index (χ0) is 24.8. The maximum atomic E-state index is 13.9. The zero-order valence-corrected chi connectivity index (χ0v) is 18.7. The van der Waals surface area contributed by atoms with Crippen LogP contribution in [0.25, 0.3) is 0 Å². The molecule has 0 spiro atoms. The molecule has 0 saturated heterocycles. The molecule has 0 unspecified atom stereocenters. The second-order valence-electron chi connectivity index (χ2n) is 7.03. The first-order valence-electron chi connectivity index (χ1n) is 10.4. The SMILES string of the molecule is CCOC(=O)/C=C1\NC(C)=C(C(=O)OCC)[C@H](c2ccccc2C(F)(F)F)[C@H]1C(=O)OCC. The van der Waals surface area contributed by atoms with Gasteiger partial charge in [0.25, 0.3) is 0 Å². The summed E-state index contributed by atoms with van der Waals surface area (Å²) in [5.74, 6) is -5.47. The number of halogens is 3. The van der Waals surface area contributed by atoms with Crippen molar-refractivity contribution in [1.29, 1.82) is 0 Å². The van der Waals surface area contributed by atoms with E-state index in [4.69, 9.17) is 14.2 Å². The predicted octanol–water partition coefficient (Wildman–Crippen LogP) is 3.86. The van der Waals surface area contributed by atoms with E-state index in [9.17, 15) is 27.6 Å². The summed E-state index contributed by atoms with van der Waals surface area (Å²) in [6, 6.07) is 4.65. The van der Waals surface area contributed by atoms with Gasteiger partial charge in [-0.15, -0.1) is 0 Å². The van der Waals surface area contributed by atoms with Crippen LogP contribution in [0.5, 0.6) is 0 Å². The van der Waals surface area contributed by atoms with Gasteiger partial charge in [-0.25, -0.2) is 9.59 Å². The van der Waals surface area contributed by atoms with Crippen LogP contribution in [0.15, 0.2) is 47.3 Å². The van der Waals surface area contributed by atoms with Gasteiger partial charge in [-0.3, -0.25) is 4.79 Å². The van der Waals surface area contributed by atoms with Crippen LogP contribution in [-0.4, -0.2) is 37.7 Å². The van der Waals surface area contributed by atoms with Crippen molar-refractivity contribution in [2.45, 2.75) is 39.8 Å². The van der Waals surface area contributed by atoms with E-state index in [1.54, 1.807) is 13.8 Å². The highest BCUT2D eigenvalue weighted by Crippen LogP contribution is 2.46. The molecule has 0 saturated carbocycles. The first kappa shape index (κ1) is 26.0. The summed E-state index contributed by atoms with van der Waals surface area (Å²) in [6.45, 7) is 6.09. The van der Waals surface area contributed by atoms with Gasteiger partial charge in [-0.05, 0) is 39.3 Å². The lowest BCUT2D eigenvalue weighted by Gasteiger charge is -2.36. The Labute approximate surface area is 189 Å². The Bertz CT molecular complexity index is 967. The summed E-state index contributed by atoms with van der Waals surface area (Å²) >= 11 is 0. The molecular formula is C23H26F3NO6. The third-order valence-corrected chi connectivity index (χ3v) is 4.91. The van der Waals surface area contributed by atoms with Crippen LogP contribution < -0.4 is 5.32 Å². The lowest BCUT2D eigenvalue weighted by molar-refractivity contribution is -0.149. The maximum Gasteiger partial charge on any atom is 0.416 e. The van der Waals surface area contributed by atoms with Gasteiger partial charge in [0.15, 0.2) is 0 Å². The molecule has 1 aromatic rings. The number of hydrogen-bond acceptors (Lipinski definition) is 7. The molecule has 1 aliphatic rings. The van der Waals surface area contributed by atoms with Crippen molar-refractivity contribution in [2.75, 3.05) is 19.8 Å². The van der Waals surface area contributed by atoms with Crippen LogP contribution in [0.2, 0.25) is 0 Å². The zero-order valence-electron chi connectivity index (χ0n) is 18.7. The number of allylic oxidation sites excluding steroid dienone is 1. The average molecular weight is 469 g/mol. The molecule has 0 radical (unpaired) electrons. The largest absolute Gasteiger partial charge is 0.465 e. The molecule has 1 heterocycles. The summed E-state index contributed by atoms with van der Waals surface area (Å²) in [4.78, 5) is 38.0. The molecule has 7 nitrogen and oxygen atoms in total. The normalized spacial score (nSPS) is 19.7. The second kappa shape index (κ2) is 11.0. The maximum absolute atomic E-state index is 13.9. The van der Waals surface area contributed by atoms with Crippen LogP contribution in [-0.2, 0) is 34.8 Å². The van der Waals surface area contributed by atoms with Crippen molar-refractivity contribution in [1.82, 2.24) is 5.32 Å². The number of nitrogens with one attached hydrogen (secondary N) is 1. The van der Waals surface area contributed by atoms with Crippen LogP contribution >= 0.6 is 0 Å². The van der Waals surface area contributed by atoms with E-state index in [1.165, 1.54) is 32.0 Å². The third kappa shape index (κ3) is 5.94. The van der Waals surface area contributed by atoms with Gasteiger partial charge in [0, 0.05) is 23.4 Å². The van der Waals surface area contributed by atoms with Crippen LogP contribution in [0.1, 0.15) is 44.7 Å². The fraction of sp³-hybridized carbons (Fsp3) is 0.435. The molecular weight excluding hydrogens is 443 g/mol. The van der Waals surface area contributed by atoms with E-state index in [1.807, 2.05) is 0 Å². The first-order chi connectivity index (χ1) is 15.6. The first-order valence-corrected chi connectivity index (χ1v) is 10.4. The Morgan fingerprint density at radius 3 is 2.18 bits per heavy atom. The minimum atomic E-state index is -4.76. The van der Waals surface area contributed by atoms with E-state index < -0.39 is 41.5 Å². The third-order valence-electron chi connectivity index (χ3n) is 4.91. The highest BCUT2D eigenvalue weighted by atomic mass is 19.4. The minimum Gasteiger partial charge on any atom is -0.465 e. The number of esters is 3. The van der Waals surface area contributed by atoms with Crippen molar-refractivity contribution in [3.63, 3.8) is 0 Å². The molecule has 0 amide bonds. The number of carbonyl (C=O) groups excluding carboxylic acids is 3. The van der Waals surface area contributed by atoms with Crippen molar-refractivity contribution in [3.05, 3.63) is 58.4 Å². The topological polar surface area (TPSA) is 90.9 Å². The quantitative estimate of drug-likeness (QED) is 0.368. The number of benzene rings is 1. The summed E-state index contributed by atoms with van der Waals surface area (Å²) in [5.41, 5.74) is -1.39. The monoisotopic (exact) mass is 469 g/mol. The van der Waals surface area contributed by atoms with E-state index >= 15 is 0 Å². The van der Waals surface area contributed by atoms with Gasteiger partial charge in [-0.1, -0.05) is 18.2 Å². The standard InChI is InChI=1S/C23H26F3NO6/c1-5-31-17(28)12-16-20(22(30)33-7-3)19(18(13(4)27-16)21(29)32-6-2)14-10-8-9-11-15(14)23(24,25)26/h8-12,19-20,27H,5-7H2,1-4H3/b16-12-/t19-,20-/m0/s1. The molecule has 33 heavy (non-hydrogen) atoms. The van der Waals surface area contributed by atoms with Gasteiger partial charge in [0.05, 0.1) is 31.0 Å². The summed E-state index contributed by atoms with van der Waals surface area (Å²) in [7, 11) is 0. The fourth-order valence-electron chi connectivity index (χ4n) is 3.72.